The van der Waals surface area contributed by atoms with Crippen molar-refractivity contribution in [2.75, 3.05) is 18.5 Å². The van der Waals surface area contributed by atoms with E-state index < -0.39 is 0 Å². The maximum Gasteiger partial charge on any atom is 0.0519 e. The molecule has 0 aromatic heterocycles. The van der Waals surface area contributed by atoms with Crippen LogP contribution in [0.15, 0.2) is 48.5 Å². The summed E-state index contributed by atoms with van der Waals surface area (Å²) in [4.78, 5) is 2.33. The molecule has 1 nitrogen and oxygen atoms in total. The van der Waals surface area contributed by atoms with E-state index in [1.807, 2.05) is 0 Å². The van der Waals surface area contributed by atoms with Crippen LogP contribution < -0.4 is 4.90 Å². The van der Waals surface area contributed by atoms with Crippen molar-refractivity contribution < 1.29 is 0 Å². The van der Waals surface area contributed by atoms with Gasteiger partial charge in [-0.25, -0.2) is 0 Å². The second kappa shape index (κ2) is 6.17. The van der Waals surface area contributed by atoms with Crippen LogP contribution in [-0.2, 0) is 6.42 Å². The average Bonchev–Trinajstić information content (AvgIpc) is 2.53. The van der Waals surface area contributed by atoms with Gasteiger partial charge in [0.15, 0.2) is 0 Å². The maximum atomic E-state index is 2.33. The molecule has 21 heavy (non-hydrogen) atoms. The van der Waals surface area contributed by atoms with Gasteiger partial charge in [-0.15, -0.1) is 0 Å². The van der Waals surface area contributed by atoms with Crippen molar-refractivity contribution in [2.24, 2.45) is 0 Å². The van der Waals surface area contributed by atoms with Gasteiger partial charge in [0.05, 0.1) is 5.69 Å². The first kappa shape index (κ1) is 13.9. The molecule has 0 atom stereocenters. The lowest BCUT2D eigenvalue weighted by Gasteiger charge is -2.26. The SMILES string of the molecule is CCCCc1ccc(-c2cccc3c2N(C)CC=C3)cc1. The zero-order chi connectivity index (χ0) is 14.7. The minimum Gasteiger partial charge on any atom is -0.370 e. The van der Waals surface area contributed by atoms with Crippen LogP contribution in [-0.4, -0.2) is 13.6 Å². The highest BCUT2D eigenvalue weighted by Gasteiger charge is 2.14. The van der Waals surface area contributed by atoms with Gasteiger partial charge < -0.3 is 4.90 Å². The number of aryl methyl sites for hydroxylation is 1. The zero-order valence-electron chi connectivity index (χ0n) is 13.0. The van der Waals surface area contributed by atoms with E-state index in [-0.39, 0.29) is 0 Å². The number of fused-ring (bicyclic) bond motifs is 1. The van der Waals surface area contributed by atoms with E-state index in [0.29, 0.717) is 0 Å². The molecule has 0 bridgehead atoms. The van der Waals surface area contributed by atoms with Crippen molar-refractivity contribution in [3.63, 3.8) is 0 Å². The van der Waals surface area contributed by atoms with E-state index in [1.54, 1.807) is 0 Å². The lowest BCUT2D eigenvalue weighted by molar-refractivity contribution is 0.795. The van der Waals surface area contributed by atoms with Crippen LogP contribution in [0, 0.1) is 0 Å². The number of hydrogen-bond acceptors (Lipinski definition) is 1. The van der Waals surface area contributed by atoms with E-state index >= 15 is 0 Å². The van der Waals surface area contributed by atoms with Gasteiger partial charge in [-0.1, -0.05) is 68.0 Å². The Balaban J connectivity index is 1.96. The molecule has 1 aliphatic heterocycles. The Morgan fingerprint density at radius 2 is 1.86 bits per heavy atom. The predicted molar refractivity (Wildman–Crippen MR) is 92.8 cm³/mol. The standard InChI is InChI=1S/C20H23N/c1-3-4-7-16-11-13-17(14-12-16)19-10-5-8-18-9-6-15-21(2)20(18)19/h5-6,8-14H,3-4,7,15H2,1-2H3. The molecule has 1 heterocycles. The van der Waals surface area contributed by atoms with Crippen LogP contribution in [0.5, 0.6) is 0 Å². The second-order valence-corrected chi connectivity index (χ2v) is 5.83. The van der Waals surface area contributed by atoms with Gasteiger partial charge in [0.2, 0.25) is 0 Å². The van der Waals surface area contributed by atoms with Crippen LogP contribution in [0.1, 0.15) is 30.9 Å². The van der Waals surface area contributed by atoms with E-state index in [0.717, 1.165) is 6.54 Å². The lowest BCUT2D eigenvalue weighted by Crippen LogP contribution is -2.21. The molecule has 0 spiro atoms. The van der Waals surface area contributed by atoms with Crippen LogP contribution >= 0.6 is 0 Å². The Bertz CT molecular complexity index is 637. The van der Waals surface area contributed by atoms with Crippen LogP contribution in [0.4, 0.5) is 5.69 Å². The molecule has 0 unspecified atom stereocenters. The quantitative estimate of drug-likeness (QED) is 0.746. The molecule has 1 aliphatic rings. The fraction of sp³-hybridized carbons (Fsp3) is 0.300. The molecule has 0 saturated heterocycles. The molecule has 0 fully saturated rings. The number of para-hydroxylation sites is 1. The summed E-state index contributed by atoms with van der Waals surface area (Å²) in [6.07, 6.45) is 8.17. The Morgan fingerprint density at radius 1 is 1.05 bits per heavy atom. The first-order chi connectivity index (χ1) is 10.3. The summed E-state index contributed by atoms with van der Waals surface area (Å²) >= 11 is 0. The lowest BCUT2D eigenvalue weighted by atomic mass is 9.96. The summed E-state index contributed by atoms with van der Waals surface area (Å²) in [6.45, 7) is 3.23. The van der Waals surface area contributed by atoms with Crippen molar-refractivity contribution in [1.82, 2.24) is 0 Å². The van der Waals surface area contributed by atoms with Gasteiger partial charge in [0.25, 0.3) is 0 Å². The summed E-state index contributed by atoms with van der Waals surface area (Å²) in [7, 11) is 2.17. The minimum absolute atomic E-state index is 0.985. The smallest absolute Gasteiger partial charge is 0.0519 e. The van der Waals surface area contributed by atoms with Crippen molar-refractivity contribution >= 4 is 11.8 Å². The van der Waals surface area contributed by atoms with Crippen LogP contribution in [0.2, 0.25) is 0 Å². The number of likely N-dealkylation sites (N-methyl/N-ethyl adjacent to an activating group) is 1. The van der Waals surface area contributed by atoms with Gasteiger partial charge >= 0.3 is 0 Å². The second-order valence-electron chi connectivity index (χ2n) is 5.83. The van der Waals surface area contributed by atoms with Crippen molar-refractivity contribution in [1.29, 1.82) is 0 Å². The van der Waals surface area contributed by atoms with Crippen LogP contribution in [0.25, 0.3) is 17.2 Å². The van der Waals surface area contributed by atoms with Crippen molar-refractivity contribution in [3.05, 3.63) is 59.7 Å². The number of unbranched alkanes of at least 4 members (excludes halogenated alkanes) is 1. The summed E-state index contributed by atoms with van der Waals surface area (Å²) < 4.78 is 0. The molecule has 108 valence electrons. The van der Waals surface area contributed by atoms with E-state index in [1.165, 1.54) is 47.2 Å². The highest BCUT2D eigenvalue weighted by Crippen LogP contribution is 2.36. The molecule has 2 aromatic carbocycles. The normalized spacial score (nSPS) is 13.3. The van der Waals surface area contributed by atoms with Crippen molar-refractivity contribution in [2.45, 2.75) is 26.2 Å². The Kier molecular flexibility index (Phi) is 4.10. The molecule has 1 heteroatoms. The Morgan fingerprint density at radius 3 is 2.62 bits per heavy atom. The fourth-order valence-corrected chi connectivity index (χ4v) is 3.02. The summed E-state index contributed by atoms with van der Waals surface area (Å²) in [6, 6.07) is 15.7. The summed E-state index contributed by atoms with van der Waals surface area (Å²) in [5, 5.41) is 0. The first-order valence-electron chi connectivity index (χ1n) is 7.89. The van der Waals surface area contributed by atoms with Gasteiger partial charge in [-0.2, -0.15) is 0 Å². The number of anilines is 1. The number of benzene rings is 2. The summed E-state index contributed by atoms with van der Waals surface area (Å²) in [5.41, 5.74) is 6.76. The zero-order valence-corrected chi connectivity index (χ0v) is 13.0. The van der Waals surface area contributed by atoms with Gasteiger partial charge in [0.1, 0.15) is 0 Å². The van der Waals surface area contributed by atoms with Crippen molar-refractivity contribution in [3.8, 4) is 11.1 Å². The molecule has 3 rings (SSSR count). The molecular formula is C20H23N. The molecule has 0 N–H and O–H groups in total. The monoisotopic (exact) mass is 277 g/mol. The third-order valence-electron chi connectivity index (χ3n) is 4.21. The third-order valence-corrected chi connectivity index (χ3v) is 4.21. The summed E-state index contributed by atoms with van der Waals surface area (Å²) in [5.74, 6) is 0. The average molecular weight is 277 g/mol. The molecule has 0 amide bonds. The van der Waals surface area contributed by atoms with Gasteiger partial charge in [-0.05, 0) is 29.5 Å². The highest BCUT2D eigenvalue weighted by molar-refractivity contribution is 5.86. The highest BCUT2D eigenvalue weighted by atomic mass is 15.1. The fourth-order valence-electron chi connectivity index (χ4n) is 3.02. The largest absolute Gasteiger partial charge is 0.370 e. The molecule has 2 aromatic rings. The predicted octanol–water partition coefficient (Wildman–Crippen LogP) is 5.16. The number of hydrogen-bond donors (Lipinski definition) is 0. The Labute approximate surface area is 127 Å². The first-order valence-corrected chi connectivity index (χ1v) is 7.89. The topological polar surface area (TPSA) is 3.24 Å². The van der Waals surface area contributed by atoms with E-state index in [9.17, 15) is 0 Å². The van der Waals surface area contributed by atoms with E-state index in [4.69, 9.17) is 0 Å². The molecule has 0 aliphatic carbocycles. The van der Waals surface area contributed by atoms with Gasteiger partial charge in [0, 0.05) is 19.2 Å². The maximum absolute atomic E-state index is 2.33. The molecule has 0 radical (unpaired) electrons. The van der Waals surface area contributed by atoms with Crippen LogP contribution in [0.3, 0.4) is 0 Å². The molecule has 0 saturated carbocycles. The number of rotatable bonds is 4. The van der Waals surface area contributed by atoms with E-state index in [2.05, 4.69) is 73.5 Å². The molecular weight excluding hydrogens is 254 g/mol. The third kappa shape index (κ3) is 2.87. The number of nitrogens with zero attached hydrogens (tertiary/aromatic N) is 1. The minimum atomic E-state index is 0.985. The van der Waals surface area contributed by atoms with Gasteiger partial charge in [-0.3, -0.25) is 0 Å². The Hall–Kier alpha value is -2.02.